The van der Waals surface area contributed by atoms with Gasteiger partial charge in [-0.05, 0) is 45.0 Å². The van der Waals surface area contributed by atoms with Crippen LogP contribution in [0.1, 0.15) is 29.8 Å². The number of ether oxygens (including phenoxy) is 2. The third kappa shape index (κ3) is 5.26. The molecule has 0 aliphatic carbocycles. The van der Waals surface area contributed by atoms with Crippen LogP contribution in [-0.2, 0) is 14.3 Å². The third-order valence-electron chi connectivity index (χ3n) is 4.63. The Balaban J connectivity index is 2.00. The standard InChI is InChI=1S/C24H24N2O5S/c1-4-30-20(27)14-32-23-15(3)22(28)19-9-7-6-8-18(19)21(23)26-25-17-12-10-16(11-13-17)24(29)31-5-2/h6-13,28H,4-5,14H2,1-3H3. The number of azo groups is 1. The highest BCUT2D eigenvalue weighted by Gasteiger charge is 2.18. The van der Waals surface area contributed by atoms with Gasteiger partial charge in [0, 0.05) is 21.2 Å². The summed E-state index contributed by atoms with van der Waals surface area (Å²) in [4.78, 5) is 24.4. The van der Waals surface area contributed by atoms with E-state index >= 15 is 0 Å². The number of aromatic hydroxyl groups is 1. The molecule has 7 nitrogen and oxygen atoms in total. The first kappa shape index (κ1) is 23.3. The van der Waals surface area contributed by atoms with Gasteiger partial charge in [-0.2, -0.15) is 5.11 Å². The second-order valence-electron chi connectivity index (χ2n) is 6.76. The van der Waals surface area contributed by atoms with Gasteiger partial charge in [-0.15, -0.1) is 16.9 Å². The topological polar surface area (TPSA) is 97.5 Å². The van der Waals surface area contributed by atoms with Crippen LogP contribution >= 0.6 is 11.8 Å². The largest absolute Gasteiger partial charge is 0.507 e. The van der Waals surface area contributed by atoms with Gasteiger partial charge in [-0.25, -0.2) is 4.79 Å². The van der Waals surface area contributed by atoms with Crippen LogP contribution in [0.25, 0.3) is 10.8 Å². The number of phenolic OH excluding ortho intramolecular Hbond substituents is 1. The maximum atomic E-state index is 11.9. The number of fused-ring (bicyclic) bond motifs is 1. The Bertz CT molecular complexity index is 1160. The summed E-state index contributed by atoms with van der Waals surface area (Å²) in [6, 6.07) is 14.0. The first-order chi connectivity index (χ1) is 15.5. The predicted octanol–water partition coefficient (Wildman–Crippen LogP) is 6.10. The molecule has 0 fully saturated rings. The molecule has 32 heavy (non-hydrogen) atoms. The van der Waals surface area contributed by atoms with Gasteiger partial charge < -0.3 is 14.6 Å². The molecule has 3 aromatic carbocycles. The van der Waals surface area contributed by atoms with Crippen LogP contribution in [0.4, 0.5) is 11.4 Å². The Morgan fingerprint density at radius 2 is 1.59 bits per heavy atom. The van der Waals surface area contributed by atoms with Crippen LogP contribution in [-0.4, -0.2) is 36.0 Å². The summed E-state index contributed by atoms with van der Waals surface area (Å²) in [7, 11) is 0. The number of phenols is 1. The predicted molar refractivity (Wildman–Crippen MR) is 124 cm³/mol. The molecule has 0 unspecified atom stereocenters. The Kier molecular flexibility index (Phi) is 7.83. The van der Waals surface area contributed by atoms with Crippen LogP contribution in [0.15, 0.2) is 63.7 Å². The highest BCUT2D eigenvalue weighted by Crippen LogP contribution is 2.45. The Morgan fingerprint density at radius 1 is 0.938 bits per heavy atom. The zero-order valence-corrected chi connectivity index (χ0v) is 18.9. The average molecular weight is 453 g/mol. The van der Waals surface area contributed by atoms with E-state index < -0.39 is 5.97 Å². The maximum Gasteiger partial charge on any atom is 0.338 e. The molecule has 3 aromatic rings. The Morgan fingerprint density at radius 3 is 2.25 bits per heavy atom. The van der Waals surface area contributed by atoms with Crippen molar-refractivity contribution in [1.29, 1.82) is 0 Å². The van der Waals surface area contributed by atoms with E-state index in [0.717, 1.165) is 0 Å². The lowest BCUT2D eigenvalue weighted by atomic mass is 10.0. The Hall–Kier alpha value is -3.39. The molecule has 3 rings (SSSR count). The average Bonchev–Trinajstić information content (AvgIpc) is 2.80. The van der Waals surface area contributed by atoms with Crippen molar-refractivity contribution in [2.24, 2.45) is 10.2 Å². The van der Waals surface area contributed by atoms with E-state index in [1.807, 2.05) is 24.3 Å². The Labute approximate surface area is 190 Å². The van der Waals surface area contributed by atoms with Gasteiger partial charge in [0.1, 0.15) is 11.4 Å². The molecule has 1 N–H and O–H groups in total. The zero-order valence-electron chi connectivity index (χ0n) is 18.1. The zero-order chi connectivity index (χ0) is 23.1. The number of benzene rings is 3. The first-order valence-electron chi connectivity index (χ1n) is 10.2. The summed E-state index contributed by atoms with van der Waals surface area (Å²) >= 11 is 1.25. The van der Waals surface area contributed by atoms with Gasteiger partial charge in [-0.3, -0.25) is 4.79 Å². The van der Waals surface area contributed by atoms with E-state index in [-0.39, 0.29) is 17.5 Å². The van der Waals surface area contributed by atoms with Crippen molar-refractivity contribution >= 4 is 45.8 Å². The van der Waals surface area contributed by atoms with Crippen molar-refractivity contribution in [3.05, 3.63) is 59.7 Å². The molecule has 166 valence electrons. The maximum absolute atomic E-state index is 11.9. The SMILES string of the molecule is CCOC(=O)CSc1c(C)c(O)c2ccccc2c1N=Nc1ccc(C(=O)OCC)cc1. The van der Waals surface area contributed by atoms with Gasteiger partial charge >= 0.3 is 11.9 Å². The molecule has 0 bridgehead atoms. The number of nitrogens with zero attached hydrogens (tertiary/aromatic N) is 2. The third-order valence-corrected chi connectivity index (χ3v) is 5.80. The van der Waals surface area contributed by atoms with E-state index in [1.54, 1.807) is 45.0 Å². The fourth-order valence-corrected chi connectivity index (χ4v) is 4.05. The number of hydrogen-bond acceptors (Lipinski definition) is 8. The van der Waals surface area contributed by atoms with Gasteiger partial charge in [0.2, 0.25) is 0 Å². The van der Waals surface area contributed by atoms with E-state index in [1.165, 1.54) is 11.8 Å². The molecule has 8 heteroatoms. The number of hydrogen-bond donors (Lipinski definition) is 1. The summed E-state index contributed by atoms with van der Waals surface area (Å²) in [6.07, 6.45) is 0. The van der Waals surface area contributed by atoms with Crippen molar-refractivity contribution in [3.63, 3.8) is 0 Å². The van der Waals surface area contributed by atoms with Gasteiger partial charge in [0.15, 0.2) is 0 Å². The quantitative estimate of drug-likeness (QED) is 0.252. The monoisotopic (exact) mass is 452 g/mol. The molecule has 0 radical (unpaired) electrons. The number of carbonyl (C=O) groups is 2. The molecule has 0 heterocycles. The fraction of sp³-hybridized carbons (Fsp3) is 0.250. The molecule has 0 saturated carbocycles. The summed E-state index contributed by atoms with van der Waals surface area (Å²) in [5.41, 5.74) is 2.15. The summed E-state index contributed by atoms with van der Waals surface area (Å²) < 4.78 is 10.0. The lowest BCUT2D eigenvalue weighted by Crippen LogP contribution is -2.06. The highest BCUT2D eigenvalue weighted by atomic mass is 32.2. The van der Waals surface area contributed by atoms with E-state index in [9.17, 15) is 14.7 Å². The fourth-order valence-electron chi connectivity index (χ4n) is 3.10. The lowest BCUT2D eigenvalue weighted by Gasteiger charge is -2.14. The van der Waals surface area contributed by atoms with Crippen molar-refractivity contribution in [3.8, 4) is 5.75 Å². The molecule has 0 aliphatic heterocycles. The number of thioether (sulfide) groups is 1. The van der Waals surface area contributed by atoms with Gasteiger partial charge in [-0.1, -0.05) is 24.3 Å². The molecular formula is C24H24N2O5S. The second-order valence-corrected chi connectivity index (χ2v) is 7.74. The number of carbonyl (C=O) groups excluding carboxylic acids is 2. The minimum Gasteiger partial charge on any atom is -0.507 e. The van der Waals surface area contributed by atoms with Crippen molar-refractivity contribution in [2.75, 3.05) is 19.0 Å². The second kappa shape index (κ2) is 10.8. The van der Waals surface area contributed by atoms with E-state index in [4.69, 9.17) is 9.47 Å². The van der Waals surface area contributed by atoms with Crippen LogP contribution in [0, 0.1) is 6.92 Å². The van der Waals surface area contributed by atoms with Crippen LogP contribution in [0.5, 0.6) is 5.75 Å². The van der Waals surface area contributed by atoms with Crippen LogP contribution in [0.2, 0.25) is 0 Å². The lowest BCUT2D eigenvalue weighted by molar-refractivity contribution is -0.139. The van der Waals surface area contributed by atoms with E-state index in [0.29, 0.717) is 51.4 Å². The summed E-state index contributed by atoms with van der Waals surface area (Å²) in [5, 5.41) is 20.9. The van der Waals surface area contributed by atoms with Gasteiger partial charge in [0.05, 0.1) is 30.2 Å². The van der Waals surface area contributed by atoms with E-state index in [2.05, 4.69) is 10.2 Å². The minimum absolute atomic E-state index is 0.0865. The van der Waals surface area contributed by atoms with Gasteiger partial charge in [0.25, 0.3) is 0 Å². The summed E-state index contributed by atoms with van der Waals surface area (Å²) in [6.45, 7) is 5.89. The molecule has 0 aromatic heterocycles. The van der Waals surface area contributed by atoms with Crippen LogP contribution in [0.3, 0.4) is 0 Å². The number of rotatable bonds is 8. The molecule has 0 atom stereocenters. The molecule has 0 spiro atoms. The normalized spacial score (nSPS) is 11.1. The molecule has 0 amide bonds. The highest BCUT2D eigenvalue weighted by molar-refractivity contribution is 8.00. The summed E-state index contributed by atoms with van der Waals surface area (Å²) in [5.74, 6) is -0.510. The van der Waals surface area contributed by atoms with Crippen molar-refractivity contribution in [1.82, 2.24) is 0 Å². The first-order valence-corrected chi connectivity index (χ1v) is 11.2. The molecular weight excluding hydrogens is 428 g/mol. The molecule has 0 aliphatic rings. The smallest absolute Gasteiger partial charge is 0.338 e. The molecule has 0 saturated heterocycles. The number of esters is 2. The van der Waals surface area contributed by atoms with Crippen LogP contribution < -0.4 is 0 Å². The van der Waals surface area contributed by atoms with Crippen molar-refractivity contribution < 1.29 is 24.2 Å². The van der Waals surface area contributed by atoms with Crippen molar-refractivity contribution in [2.45, 2.75) is 25.7 Å². The minimum atomic E-state index is -0.395.